The highest BCUT2D eigenvalue weighted by Crippen LogP contribution is 2.31. The molecule has 35 heavy (non-hydrogen) atoms. The fourth-order valence-electron chi connectivity index (χ4n) is 3.94. The number of aliphatic hydroxyl groups excluding tert-OH is 1. The summed E-state index contributed by atoms with van der Waals surface area (Å²) in [6.07, 6.45) is -1.29. The lowest BCUT2D eigenvalue weighted by Gasteiger charge is -2.23. The Bertz CT molecular complexity index is 1440. The van der Waals surface area contributed by atoms with Crippen molar-refractivity contribution in [3.8, 4) is 0 Å². The molecular weight excluding hydrogens is 468 g/mol. The first-order chi connectivity index (χ1) is 16.7. The number of primary amides is 1. The number of amides is 1. The summed E-state index contributed by atoms with van der Waals surface area (Å²) in [6, 6.07) is 20.5. The van der Waals surface area contributed by atoms with Crippen molar-refractivity contribution >= 4 is 26.9 Å². The summed E-state index contributed by atoms with van der Waals surface area (Å²) in [5, 5.41) is 19.5. The minimum absolute atomic E-state index is 0.0231. The SMILES string of the molecule is Cc1c(C(O)O)oc2ccc(S(=O)(=O)N(CCc3ccccc3)Cc3ccc(C(N)=O)cc3)cc12. The van der Waals surface area contributed by atoms with E-state index in [4.69, 9.17) is 10.2 Å². The van der Waals surface area contributed by atoms with E-state index >= 15 is 0 Å². The van der Waals surface area contributed by atoms with Crippen molar-refractivity contribution < 1.29 is 27.8 Å². The number of furan rings is 1. The second-order valence-corrected chi connectivity index (χ2v) is 10.2. The number of fused-ring (bicyclic) bond motifs is 1. The molecule has 1 amide bonds. The Morgan fingerprint density at radius 3 is 2.31 bits per heavy atom. The normalized spacial score (nSPS) is 12.0. The zero-order chi connectivity index (χ0) is 25.2. The van der Waals surface area contributed by atoms with E-state index in [1.807, 2.05) is 30.3 Å². The van der Waals surface area contributed by atoms with Crippen LogP contribution >= 0.6 is 0 Å². The predicted molar refractivity (Wildman–Crippen MR) is 131 cm³/mol. The van der Waals surface area contributed by atoms with Crippen LogP contribution in [0.2, 0.25) is 0 Å². The zero-order valence-electron chi connectivity index (χ0n) is 19.1. The third-order valence-electron chi connectivity index (χ3n) is 5.91. The summed E-state index contributed by atoms with van der Waals surface area (Å²) in [4.78, 5) is 11.5. The van der Waals surface area contributed by atoms with Gasteiger partial charge in [0.05, 0.1) is 4.90 Å². The number of carbonyl (C=O) groups is 1. The molecular formula is C26H26N2O6S. The maximum atomic E-state index is 13.8. The molecule has 182 valence electrons. The lowest BCUT2D eigenvalue weighted by molar-refractivity contribution is -0.0576. The van der Waals surface area contributed by atoms with Crippen LogP contribution in [0.25, 0.3) is 11.0 Å². The number of rotatable bonds is 9. The summed E-state index contributed by atoms with van der Waals surface area (Å²) in [5.41, 5.74) is 8.19. The number of carbonyl (C=O) groups excluding carboxylic acids is 1. The lowest BCUT2D eigenvalue weighted by Crippen LogP contribution is -2.32. The highest BCUT2D eigenvalue weighted by molar-refractivity contribution is 7.89. The molecule has 0 atom stereocenters. The molecule has 0 aliphatic carbocycles. The maximum Gasteiger partial charge on any atom is 0.248 e. The number of benzene rings is 3. The Morgan fingerprint density at radius 1 is 1.00 bits per heavy atom. The van der Waals surface area contributed by atoms with Crippen LogP contribution in [0.4, 0.5) is 0 Å². The van der Waals surface area contributed by atoms with Crippen molar-refractivity contribution in [1.82, 2.24) is 4.31 Å². The van der Waals surface area contributed by atoms with Gasteiger partial charge in [0.2, 0.25) is 22.2 Å². The van der Waals surface area contributed by atoms with Crippen LogP contribution in [0.5, 0.6) is 0 Å². The minimum atomic E-state index is -3.94. The molecule has 0 saturated carbocycles. The summed E-state index contributed by atoms with van der Waals surface area (Å²) in [6.45, 7) is 1.97. The molecule has 9 heteroatoms. The second kappa shape index (κ2) is 10.0. The van der Waals surface area contributed by atoms with E-state index in [1.165, 1.54) is 22.5 Å². The Hall–Kier alpha value is -3.50. The molecule has 3 aromatic carbocycles. The number of nitrogens with two attached hydrogens (primary N) is 1. The van der Waals surface area contributed by atoms with Gasteiger partial charge in [-0.05, 0) is 54.8 Å². The molecule has 0 aliphatic heterocycles. The fraction of sp³-hybridized carbons (Fsp3) is 0.192. The third kappa shape index (κ3) is 5.28. The zero-order valence-corrected chi connectivity index (χ0v) is 19.9. The molecule has 0 unspecified atom stereocenters. The largest absolute Gasteiger partial charge is 0.455 e. The van der Waals surface area contributed by atoms with E-state index < -0.39 is 22.2 Å². The summed E-state index contributed by atoms with van der Waals surface area (Å²) in [7, 11) is -3.94. The number of hydrogen-bond acceptors (Lipinski definition) is 6. The predicted octanol–water partition coefficient (Wildman–Crippen LogP) is 3.26. The molecule has 1 aromatic heterocycles. The van der Waals surface area contributed by atoms with Crippen molar-refractivity contribution in [3.05, 3.63) is 101 Å². The van der Waals surface area contributed by atoms with Crippen LogP contribution in [0.3, 0.4) is 0 Å². The summed E-state index contributed by atoms with van der Waals surface area (Å²) in [5.74, 6) is -0.578. The molecule has 0 fully saturated rings. The van der Waals surface area contributed by atoms with E-state index in [0.717, 1.165) is 5.56 Å². The van der Waals surface area contributed by atoms with Crippen LogP contribution in [-0.2, 0) is 23.0 Å². The fourth-order valence-corrected chi connectivity index (χ4v) is 5.39. The maximum absolute atomic E-state index is 13.8. The second-order valence-electron chi connectivity index (χ2n) is 8.26. The molecule has 4 rings (SSSR count). The van der Waals surface area contributed by atoms with Gasteiger partial charge in [-0.3, -0.25) is 4.79 Å². The molecule has 0 saturated heterocycles. The summed E-state index contributed by atoms with van der Waals surface area (Å²) < 4.78 is 34.4. The van der Waals surface area contributed by atoms with Gasteiger partial charge in [-0.15, -0.1) is 0 Å². The molecule has 4 aromatic rings. The first-order valence-corrected chi connectivity index (χ1v) is 12.4. The first-order valence-electron chi connectivity index (χ1n) is 11.0. The Balaban J connectivity index is 1.69. The molecule has 1 heterocycles. The molecule has 0 bridgehead atoms. The average Bonchev–Trinajstić information content (AvgIpc) is 3.18. The van der Waals surface area contributed by atoms with E-state index in [9.17, 15) is 23.4 Å². The van der Waals surface area contributed by atoms with Gasteiger partial charge in [-0.25, -0.2) is 8.42 Å². The van der Waals surface area contributed by atoms with Crippen LogP contribution in [-0.4, -0.2) is 35.4 Å². The van der Waals surface area contributed by atoms with Gasteiger partial charge in [0.1, 0.15) is 5.58 Å². The highest BCUT2D eigenvalue weighted by Gasteiger charge is 2.26. The van der Waals surface area contributed by atoms with Gasteiger partial charge < -0.3 is 20.4 Å². The van der Waals surface area contributed by atoms with Gasteiger partial charge >= 0.3 is 0 Å². The van der Waals surface area contributed by atoms with Gasteiger partial charge in [0, 0.05) is 29.6 Å². The van der Waals surface area contributed by atoms with E-state index in [0.29, 0.717) is 34.1 Å². The average molecular weight is 495 g/mol. The van der Waals surface area contributed by atoms with Crippen LogP contribution < -0.4 is 5.73 Å². The minimum Gasteiger partial charge on any atom is -0.455 e. The number of aryl methyl sites for hydroxylation is 1. The van der Waals surface area contributed by atoms with Gasteiger partial charge in [0.25, 0.3) is 0 Å². The number of hydrogen-bond donors (Lipinski definition) is 3. The van der Waals surface area contributed by atoms with Crippen molar-refractivity contribution in [2.45, 2.75) is 31.1 Å². The van der Waals surface area contributed by atoms with E-state index in [2.05, 4.69) is 0 Å². The van der Waals surface area contributed by atoms with Crippen LogP contribution in [0, 0.1) is 6.92 Å². The Morgan fingerprint density at radius 2 is 1.69 bits per heavy atom. The number of aliphatic hydroxyl groups is 2. The van der Waals surface area contributed by atoms with Crippen LogP contribution in [0.1, 0.15) is 39.1 Å². The van der Waals surface area contributed by atoms with Crippen molar-refractivity contribution in [2.24, 2.45) is 5.73 Å². The topological polar surface area (TPSA) is 134 Å². The smallest absolute Gasteiger partial charge is 0.248 e. The van der Waals surface area contributed by atoms with Crippen molar-refractivity contribution in [2.75, 3.05) is 6.54 Å². The quantitative estimate of drug-likeness (QED) is 0.306. The monoisotopic (exact) mass is 494 g/mol. The molecule has 8 nitrogen and oxygen atoms in total. The van der Waals surface area contributed by atoms with E-state index in [-0.39, 0.29) is 23.7 Å². The third-order valence-corrected chi connectivity index (χ3v) is 7.75. The number of sulfonamides is 1. The molecule has 0 aliphatic rings. The molecule has 0 radical (unpaired) electrons. The first kappa shape index (κ1) is 24.6. The standard InChI is InChI=1S/C26H26N2O6S/c1-17-22-15-21(11-12-23(22)34-24(17)26(30)31)35(32,33)28(14-13-18-5-3-2-4-6-18)16-19-7-9-20(10-8-19)25(27)29/h2-12,15,26,30-31H,13-14,16H2,1H3,(H2,27,29). The van der Waals surface area contributed by atoms with Crippen molar-refractivity contribution in [3.63, 3.8) is 0 Å². The van der Waals surface area contributed by atoms with Crippen molar-refractivity contribution in [1.29, 1.82) is 0 Å². The highest BCUT2D eigenvalue weighted by atomic mass is 32.2. The lowest BCUT2D eigenvalue weighted by atomic mass is 10.1. The Kier molecular flexibility index (Phi) is 7.04. The molecule has 4 N–H and O–H groups in total. The van der Waals surface area contributed by atoms with Gasteiger partial charge in [-0.1, -0.05) is 42.5 Å². The van der Waals surface area contributed by atoms with E-state index in [1.54, 1.807) is 31.2 Å². The van der Waals surface area contributed by atoms with Crippen LogP contribution in [0.15, 0.2) is 82.1 Å². The molecule has 0 spiro atoms. The Labute approximate surface area is 203 Å². The van der Waals surface area contributed by atoms with Gasteiger partial charge in [0.15, 0.2) is 5.76 Å². The van der Waals surface area contributed by atoms with Gasteiger partial charge in [-0.2, -0.15) is 4.31 Å². The number of nitrogens with zero attached hydrogens (tertiary/aromatic N) is 1. The summed E-state index contributed by atoms with van der Waals surface area (Å²) >= 11 is 0.